The molecule has 22 heavy (non-hydrogen) atoms. The van der Waals surface area contributed by atoms with Gasteiger partial charge in [-0.3, -0.25) is 10.2 Å². The van der Waals surface area contributed by atoms with Crippen molar-refractivity contribution < 1.29 is 14.7 Å². The first-order chi connectivity index (χ1) is 10.6. The number of carbonyl (C=O) groups excluding carboxylic acids is 1. The van der Waals surface area contributed by atoms with Crippen molar-refractivity contribution in [3.63, 3.8) is 0 Å². The predicted octanol–water partition coefficient (Wildman–Crippen LogP) is 1.78. The van der Waals surface area contributed by atoms with E-state index in [1.807, 2.05) is 0 Å². The van der Waals surface area contributed by atoms with Crippen molar-refractivity contribution in [2.75, 3.05) is 0 Å². The van der Waals surface area contributed by atoms with E-state index in [-0.39, 0.29) is 0 Å². The van der Waals surface area contributed by atoms with Crippen LogP contribution in [0.5, 0.6) is 11.6 Å². The van der Waals surface area contributed by atoms with Crippen molar-refractivity contribution in [2.45, 2.75) is 13.0 Å². The molecule has 7 nitrogen and oxygen atoms in total. The summed E-state index contributed by atoms with van der Waals surface area (Å²) < 4.78 is 5.54. The molecule has 3 N–H and O–H groups in total. The van der Waals surface area contributed by atoms with E-state index in [2.05, 4.69) is 21.8 Å². The van der Waals surface area contributed by atoms with E-state index >= 15 is 0 Å². The second-order valence-corrected chi connectivity index (χ2v) is 4.30. The molecular weight excluding hydrogens is 284 g/mol. The summed E-state index contributed by atoms with van der Waals surface area (Å²) >= 11 is 0. The van der Waals surface area contributed by atoms with Crippen molar-refractivity contribution in [3.05, 3.63) is 48.4 Å². The first-order valence-corrected chi connectivity index (χ1v) is 6.39. The molecule has 0 aliphatic carbocycles. The topological polar surface area (TPSA) is 102 Å². The van der Waals surface area contributed by atoms with Gasteiger partial charge in [-0.2, -0.15) is 5.06 Å². The smallest absolute Gasteiger partial charge is 0.339 e. The number of primary amides is 1. The van der Waals surface area contributed by atoms with E-state index in [1.54, 1.807) is 37.4 Å². The lowest BCUT2D eigenvalue weighted by Crippen LogP contribution is -2.38. The van der Waals surface area contributed by atoms with Crippen molar-refractivity contribution in [1.29, 1.82) is 0 Å². The van der Waals surface area contributed by atoms with Gasteiger partial charge in [0, 0.05) is 18.0 Å². The normalized spacial score (nSPS) is 11.0. The van der Waals surface area contributed by atoms with Crippen molar-refractivity contribution >= 4 is 6.03 Å². The highest BCUT2D eigenvalue weighted by atomic mass is 16.5. The number of nitrogens with zero attached hydrogens (tertiary/aromatic N) is 3. The number of aromatic nitrogens is 2. The molecule has 0 aliphatic rings. The zero-order chi connectivity index (χ0) is 15.9. The van der Waals surface area contributed by atoms with Crippen molar-refractivity contribution in [1.82, 2.24) is 15.0 Å². The van der Waals surface area contributed by atoms with E-state index < -0.39 is 12.1 Å². The van der Waals surface area contributed by atoms with Crippen LogP contribution in [0.3, 0.4) is 0 Å². The molecule has 1 unspecified atom stereocenters. The quantitative estimate of drug-likeness (QED) is 0.511. The summed E-state index contributed by atoms with van der Waals surface area (Å²) in [6.45, 7) is 1.55. The molecule has 112 valence electrons. The molecule has 0 saturated carbocycles. The van der Waals surface area contributed by atoms with Crippen LogP contribution in [0.4, 0.5) is 4.79 Å². The second-order valence-electron chi connectivity index (χ2n) is 4.30. The molecule has 1 aromatic heterocycles. The number of nitrogens with two attached hydrogens (primary N) is 1. The van der Waals surface area contributed by atoms with Gasteiger partial charge < -0.3 is 10.5 Å². The van der Waals surface area contributed by atoms with Crippen LogP contribution < -0.4 is 10.5 Å². The molecule has 0 aliphatic heterocycles. The highest BCUT2D eigenvalue weighted by molar-refractivity contribution is 5.71. The van der Waals surface area contributed by atoms with Gasteiger partial charge in [0.15, 0.2) is 0 Å². The molecule has 0 saturated heterocycles. The van der Waals surface area contributed by atoms with Gasteiger partial charge in [0.05, 0.1) is 6.20 Å². The van der Waals surface area contributed by atoms with Crippen LogP contribution >= 0.6 is 0 Å². The highest BCUT2D eigenvalue weighted by Gasteiger charge is 2.11. The Morgan fingerprint density at radius 1 is 1.45 bits per heavy atom. The molecule has 2 amide bonds. The van der Waals surface area contributed by atoms with Crippen LogP contribution in [-0.4, -0.2) is 32.3 Å². The van der Waals surface area contributed by atoms with Crippen LogP contribution in [0.15, 0.2) is 42.9 Å². The Labute approximate surface area is 127 Å². The molecule has 0 radical (unpaired) electrons. The second kappa shape index (κ2) is 7.06. The molecule has 7 heteroatoms. The summed E-state index contributed by atoms with van der Waals surface area (Å²) in [4.78, 5) is 18.7. The number of hydrogen-bond acceptors (Lipinski definition) is 5. The third-order valence-corrected chi connectivity index (χ3v) is 2.61. The van der Waals surface area contributed by atoms with Gasteiger partial charge in [-0.25, -0.2) is 9.78 Å². The standard InChI is InChI=1S/C15H14N4O3/c1-11(19(21)15(16)20)5-6-12-3-2-4-13(9-12)22-14-10-17-7-8-18-14/h2-4,7-11,21H,1H3,(H2,16,20). The Hall–Kier alpha value is -3.11. The minimum absolute atomic E-state index is 0.368. The van der Waals surface area contributed by atoms with Crippen LogP contribution in [0.1, 0.15) is 12.5 Å². The fourth-order valence-electron chi connectivity index (χ4n) is 1.54. The number of carbonyl (C=O) groups is 1. The van der Waals surface area contributed by atoms with Gasteiger partial charge in [0.25, 0.3) is 0 Å². The summed E-state index contributed by atoms with van der Waals surface area (Å²) in [5.41, 5.74) is 5.61. The van der Waals surface area contributed by atoms with Gasteiger partial charge in [-0.05, 0) is 25.1 Å². The van der Waals surface area contributed by atoms with Crippen LogP contribution in [-0.2, 0) is 0 Å². The largest absolute Gasteiger partial charge is 0.437 e. The Morgan fingerprint density at radius 3 is 2.95 bits per heavy atom. The maximum atomic E-state index is 10.8. The van der Waals surface area contributed by atoms with Gasteiger partial charge in [-0.15, -0.1) is 0 Å². The van der Waals surface area contributed by atoms with Crippen molar-refractivity contribution in [3.8, 4) is 23.5 Å². The van der Waals surface area contributed by atoms with Gasteiger partial charge in [-0.1, -0.05) is 17.9 Å². The molecular formula is C15H14N4O3. The summed E-state index contributed by atoms with van der Waals surface area (Å²) in [7, 11) is 0. The van der Waals surface area contributed by atoms with E-state index in [1.165, 1.54) is 12.4 Å². The lowest BCUT2D eigenvalue weighted by Gasteiger charge is -2.14. The summed E-state index contributed by atoms with van der Waals surface area (Å²) in [5, 5.41) is 9.71. The number of urea groups is 1. The minimum Gasteiger partial charge on any atom is -0.437 e. The number of hydrogen-bond donors (Lipinski definition) is 2. The van der Waals surface area contributed by atoms with E-state index in [4.69, 9.17) is 10.5 Å². The Morgan fingerprint density at radius 2 is 2.27 bits per heavy atom. The molecule has 2 aromatic rings. The summed E-state index contributed by atoms with van der Waals surface area (Å²) in [5.74, 6) is 6.47. The average molecular weight is 298 g/mol. The first kappa shape index (κ1) is 15.3. The molecule has 1 aromatic carbocycles. The summed E-state index contributed by atoms with van der Waals surface area (Å²) in [6.07, 6.45) is 4.58. The van der Waals surface area contributed by atoms with E-state index in [9.17, 15) is 10.0 Å². The Bertz CT molecular complexity index is 709. The van der Waals surface area contributed by atoms with Crippen molar-refractivity contribution in [2.24, 2.45) is 5.73 Å². The molecule has 0 bridgehead atoms. The predicted molar refractivity (Wildman–Crippen MR) is 78.1 cm³/mol. The van der Waals surface area contributed by atoms with Gasteiger partial charge in [0.2, 0.25) is 5.88 Å². The third kappa shape index (κ3) is 4.19. The average Bonchev–Trinajstić information content (AvgIpc) is 2.53. The molecule has 0 fully saturated rings. The fourth-order valence-corrected chi connectivity index (χ4v) is 1.54. The van der Waals surface area contributed by atoms with E-state index in [0.29, 0.717) is 22.3 Å². The summed E-state index contributed by atoms with van der Waals surface area (Å²) in [6, 6.07) is 5.33. The zero-order valence-electron chi connectivity index (χ0n) is 11.8. The minimum atomic E-state index is -0.957. The van der Waals surface area contributed by atoms with Crippen LogP contribution in [0.2, 0.25) is 0 Å². The van der Waals surface area contributed by atoms with Crippen LogP contribution in [0, 0.1) is 11.8 Å². The lowest BCUT2D eigenvalue weighted by molar-refractivity contribution is -0.0536. The van der Waals surface area contributed by atoms with Gasteiger partial charge >= 0.3 is 6.03 Å². The van der Waals surface area contributed by atoms with Gasteiger partial charge in [0.1, 0.15) is 11.8 Å². The molecule has 0 spiro atoms. The number of hydroxylamine groups is 2. The zero-order valence-corrected chi connectivity index (χ0v) is 11.8. The maximum absolute atomic E-state index is 10.8. The van der Waals surface area contributed by atoms with Crippen LogP contribution in [0.25, 0.3) is 0 Å². The SMILES string of the molecule is CC(C#Cc1cccc(Oc2cnccn2)c1)N(O)C(N)=O. The third-order valence-electron chi connectivity index (χ3n) is 2.61. The molecule has 1 atom stereocenters. The Balaban J connectivity index is 2.11. The monoisotopic (exact) mass is 298 g/mol. The Kier molecular flexibility index (Phi) is 4.90. The first-order valence-electron chi connectivity index (χ1n) is 6.39. The molecule has 2 rings (SSSR count). The fraction of sp³-hybridized carbons (Fsp3) is 0.133. The number of ether oxygens (including phenoxy) is 1. The lowest BCUT2D eigenvalue weighted by atomic mass is 10.2. The molecule has 1 heterocycles. The number of benzene rings is 1. The highest BCUT2D eigenvalue weighted by Crippen LogP contribution is 2.19. The number of amides is 2. The number of rotatable bonds is 3. The van der Waals surface area contributed by atoms with E-state index in [0.717, 1.165) is 0 Å². The maximum Gasteiger partial charge on any atom is 0.339 e.